The number of methoxy groups -OCH3 is 1. The summed E-state index contributed by atoms with van der Waals surface area (Å²) in [6.07, 6.45) is 4.51. The number of halogens is 2. The molecule has 0 bridgehead atoms. The summed E-state index contributed by atoms with van der Waals surface area (Å²) >= 11 is 0. The zero-order valence-electron chi connectivity index (χ0n) is 54.1. The highest BCUT2D eigenvalue weighted by molar-refractivity contribution is 7.90. The third-order valence-corrected chi connectivity index (χ3v) is 25.7. The van der Waals surface area contributed by atoms with Gasteiger partial charge < -0.3 is 59.0 Å². The quantitative estimate of drug-likeness (QED) is 0.0426. The van der Waals surface area contributed by atoms with Gasteiger partial charge in [-0.3, -0.25) is 9.59 Å². The molecule has 0 aromatic heterocycles. The molecule has 1 amide bonds. The van der Waals surface area contributed by atoms with Gasteiger partial charge in [0.1, 0.15) is 30.0 Å². The van der Waals surface area contributed by atoms with Crippen LogP contribution in [-0.4, -0.2) is 177 Å². The highest BCUT2D eigenvalue weighted by Crippen LogP contribution is 2.65. The Balaban J connectivity index is 1.12. The van der Waals surface area contributed by atoms with Crippen molar-refractivity contribution in [2.24, 2.45) is 23.7 Å². The molecule has 1 unspecified atom stereocenters. The summed E-state index contributed by atoms with van der Waals surface area (Å²) in [6, 6.07) is 20.2. The van der Waals surface area contributed by atoms with E-state index in [1.807, 2.05) is 51.9 Å². The maximum absolute atomic E-state index is 14.8. The Morgan fingerprint density at radius 1 is 0.776 bits per heavy atom. The van der Waals surface area contributed by atoms with Crippen molar-refractivity contribution in [2.75, 3.05) is 33.9 Å². The monoisotopic (exact) mass is 1220 g/mol. The van der Waals surface area contributed by atoms with Crippen LogP contribution in [0.3, 0.4) is 0 Å². The smallest absolute Gasteiger partial charge is 0.309 e. The lowest BCUT2D eigenvalue weighted by molar-refractivity contribution is -0.302. The number of carbonyl (C=O) groups excluding carboxylic acids is 2. The van der Waals surface area contributed by atoms with E-state index >= 15 is 0 Å². The molecule has 4 fully saturated rings. The molecule has 2 aromatic rings. The van der Waals surface area contributed by atoms with Crippen LogP contribution in [0.15, 0.2) is 60.7 Å². The van der Waals surface area contributed by atoms with Gasteiger partial charge in [-0.15, -0.1) is 0 Å². The fraction of sp³-hybridized carbons (Fsp3) is 0.794. The van der Waals surface area contributed by atoms with E-state index < -0.39 is 115 Å². The number of nitrogens with zero attached hydrogens (tertiary/aromatic N) is 2. The molecule has 3 aliphatic heterocycles. The van der Waals surface area contributed by atoms with E-state index in [0.29, 0.717) is 25.7 Å². The van der Waals surface area contributed by atoms with Crippen molar-refractivity contribution in [1.29, 1.82) is 0 Å². The number of benzene rings is 2. The summed E-state index contributed by atoms with van der Waals surface area (Å²) in [5, 5.41) is 63.6. The lowest BCUT2D eigenvalue weighted by Gasteiger charge is -2.51. The summed E-state index contributed by atoms with van der Waals surface area (Å²) in [7, 11) is 3.36. The van der Waals surface area contributed by atoms with Crippen LogP contribution >= 0.6 is 7.26 Å². The molecule has 14 nitrogen and oxygen atoms in total. The molecule has 0 spiro atoms. The first-order valence-corrected chi connectivity index (χ1v) is 34.6. The molecule has 0 radical (unpaired) electrons. The van der Waals surface area contributed by atoms with E-state index in [2.05, 4.69) is 48.5 Å². The normalized spacial score (nSPS) is 36.8. The van der Waals surface area contributed by atoms with E-state index in [1.54, 1.807) is 46.4 Å². The van der Waals surface area contributed by atoms with Crippen molar-refractivity contribution in [3.8, 4) is 0 Å². The minimum Gasteiger partial charge on any atom is -0.459 e. The summed E-state index contributed by atoms with van der Waals surface area (Å²) in [4.78, 5) is 33.0. The molecule has 3 heterocycles. The molecule has 484 valence electrons. The number of likely N-dealkylation sites (N-methyl/N-ethyl adjacent to an activating group) is 1. The Morgan fingerprint density at radius 3 is 1.85 bits per heavy atom. The number of hydrogen-bond donors (Lipinski definition) is 5. The molecule has 85 heavy (non-hydrogen) atoms. The largest absolute Gasteiger partial charge is 0.459 e. The minimum atomic E-state index is -2.58. The molecule has 3 saturated heterocycles. The average molecular weight is 1220 g/mol. The maximum Gasteiger partial charge on any atom is 0.309 e. The minimum absolute atomic E-state index is 0.0332. The Hall–Kier alpha value is -2.73. The number of unbranched alkanes of at least 4 members (excludes halogenated alkanes) is 9. The fourth-order valence-electron chi connectivity index (χ4n) is 15.4. The van der Waals surface area contributed by atoms with Crippen LogP contribution in [0.25, 0.3) is 0 Å². The second-order valence-corrected chi connectivity index (χ2v) is 31.4. The zero-order valence-corrected chi connectivity index (χ0v) is 54.9. The van der Waals surface area contributed by atoms with Crippen LogP contribution in [0.2, 0.25) is 0 Å². The van der Waals surface area contributed by atoms with Crippen molar-refractivity contribution < 1.29 is 67.6 Å². The number of ether oxygens (including phenoxy) is 5. The number of carbonyl (C=O) groups is 2. The van der Waals surface area contributed by atoms with Gasteiger partial charge in [0, 0.05) is 51.3 Å². The molecule has 2 aromatic carbocycles. The maximum atomic E-state index is 14.8. The van der Waals surface area contributed by atoms with Gasteiger partial charge in [-0.1, -0.05) is 109 Å². The van der Waals surface area contributed by atoms with Crippen LogP contribution in [0.1, 0.15) is 191 Å². The first kappa shape index (κ1) is 71.3. The molecular formula is C68H112F2N2O12P+. The van der Waals surface area contributed by atoms with Gasteiger partial charge >= 0.3 is 5.97 Å². The van der Waals surface area contributed by atoms with Crippen molar-refractivity contribution >= 4 is 29.7 Å². The van der Waals surface area contributed by atoms with E-state index in [0.717, 1.165) is 63.9 Å². The Morgan fingerprint density at radius 2 is 1.32 bits per heavy atom. The van der Waals surface area contributed by atoms with Gasteiger partial charge in [-0.05, 0) is 143 Å². The van der Waals surface area contributed by atoms with Gasteiger partial charge in [-0.2, -0.15) is 0 Å². The van der Waals surface area contributed by atoms with Crippen LogP contribution in [-0.2, 0) is 33.3 Å². The third-order valence-electron chi connectivity index (χ3n) is 20.5. The van der Waals surface area contributed by atoms with Crippen molar-refractivity contribution in [2.45, 2.75) is 287 Å². The Bertz CT molecular complexity index is 2290. The molecule has 5 N–H and O–H groups in total. The summed E-state index contributed by atoms with van der Waals surface area (Å²) in [5.41, 5.74) is -4.51. The predicted molar refractivity (Wildman–Crippen MR) is 334 cm³/mol. The van der Waals surface area contributed by atoms with Crippen LogP contribution < -0.4 is 10.6 Å². The van der Waals surface area contributed by atoms with E-state index in [9.17, 15) is 43.9 Å². The van der Waals surface area contributed by atoms with E-state index in [-0.39, 0.29) is 68.8 Å². The molecule has 1 aliphatic carbocycles. The van der Waals surface area contributed by atoms with Gasteiger partial charge in [-0.25, -0.2) is 8.78 Å². The highest BCUT2D eigenvalue weighted by Gasteiger charge is 2.56. The SMILES string of the molecule is CC[C@H]1OC(=O)[C@H](C)C([C@H]2C[C@@](C)(OC)[C@@H](O)[C@H](C)O2)[C@H](C)[C@@H](O[C@@H]2O[C@H](C)C[C@H](N(C)C)[C@H]2O)[C@](C)(O)C[C@@H](C)CN(C(=O)CCCCCCCCCCCC[P+](c2ccccc2)(c2ccccc2)C2CCC(F)(F)CC2)[C@H](C)[C@@H](O)[C@]1(C)O. The Labute approximate surface area is 510 Å². The van der Waals surface area contributed by atoms with Gasteiger partial charge in [0.2, 0.25) is 11.8 Å². The number of aliphatic hydroxyl groups is 5. The molecule has 17 heteroatoms. The number of hydrogen-bond acceptors (Lipinski definition) is 13. The van der Waals surface area contributed by atoms with Crippen molar-refractivity contribution in [3.63, 3.8) is 0 Å². The average Bonchev–Trinajstić information content (AvgIpc) is 2.97. The van der Waals surface area contributed by atoms with Crippen LogP contribution in [0.5, 0.6) is 0 Å². The summed E-state index contributed by atoms with van der Waals surface area (Å²) in [6.45, 7) is 17.7. The lowest BCUT2D eigenvalue weighted by atomic mass is 9.68. The first-order valence-electron chi connectivity index (χ1n) is 32.6. The molecule has 4 aliphatic rings. The molecular weight excluding hydrogens is 1110 g/mol. The number of alkyl halides is 2. The predicted octanol–water partition coefficient (Wildman–Crippen LogP) is 10.6. The zero-order chi connectivity index (χ0) is 62.7. The second kappa shape index (κ2) is 31.3. The number of rotatable bonds is 22. The van der Waals surface area contributed by atoms with Crippen molar-refractivity contribution in [3.05, 3.63) is 60.7 Å². The molecule has 6 rings (SSSR count). The lowest BCUT2D eigenvalue weighted by Crippen LogP contribution is -2.61. The summed E-state index contributed by atoms with van der Waals surface area (Å²) in [5.74, 6) is -6.29. The highest BCUT2D eigenvalue weighted by atomic mass is 31.2. The summed E-state index contributed by atoms with van der Waals surface area (Å²) < 4.78 is 61.2. The van der Waals surface area contributed by atoms with Gasteiger partial charge in [0.05, 0.1) is 77.3 Å². The topological polar surface area (TPSA) is 188 Å². The third kappa shape index (κ3) is 17.6. The van der Waals surface area contributed by atoms with Crippen LogP contribution in [0, 0.1) is 23.7 Å². The molecule has 18 atom stereocenters. The number of cyclic esters (lactones) is 1. The Kier molecular flexibility index (Phi) is 26.3. The second-order valence-electron chi connectivity index (χ2n) is 27.5. The van der Waals surface area contributed by atoms with E-state index in [1.165, 1.54) is 24.6 Å². The van der Waals surface area contributed by atoms with E-state index in [4.69, 9.17) is 23.7 Å². The van der Waals surface area contributed by atoms with Crippen LogP contribution in [0.4, 0.5) is 8.78 Å². The first-order chi connectivity index (χ1) is 40.0. The standard InChI is InChI=1S/C68H112F2N2O12P/c1-14-56-67(10,79)60(75)49(6)72(57(73)35-29-21-19-17-15-16-18-20-22-30-40-85(51-31-25-23-26-32-51,52-33-27-24-28-34-52)53-36-38-68(69,70)39-37-53)44-45(2)42-65(8,78)62(84-64-59(74)54(71(11)12)41-46(3)81-64)47(4)58(48(5)63(77)83-56)55-43-66(9,80-13)61(76)50(7)82-55/h23-28,31-34,45-50,53-56,58-62,64,74-76,78-79H,14-22,29-30,35-44H2,1-13H3/q+1/t45-,46-,47+,48-,49-,50+,54+,55-,56-,58?,59-,60-,61+,62-,64+,65-,66-,67-/m1/s1. The molecule has 1 saturated carbocycles. The van der Waals surface area contributed by atoms with Gasteiger partial charge in [0.15, 0.2) is 6.29 Å². The number of aliphatic hydroxyl groups excluding tert-OH is 3. The number of amides is 1. The fourth-order valence-corrected chi connectivity index (χ4v) is 20.7. The van der Waals surface area contributed by atoms with Gasteiger partial charge in [0.25, 0.3) is 0 Å². The number of esters is 1. The van der Waals surface area contributed by atoms with Crippen molar-refractivity contribution in [1.82, 2.24) is 9.80 Å².